The van der Waals surface area contributed by atoms with Crippen LogP contribution in [0, 0.1) is 0 Å². The Labute approximate surface area is 205 Å². The number of benzene rings is 2. The quantitative estimate of drug-likeness (QED) is 0.126. The number of pyridine rings is 4. The molecule has 0 spiro atoms. The van der Waals surface area contributed by atoms with Crippen molar-refractivity contribution in [2.45, 2.75) is 0 Å². The molecule has 8 nitrogen and oxygen atoms in total. The molecule has 0 N–H and O–H groups in total. The third-order valence-electron chi connectivity index (χ3n) is 4.69. The summed E-state index contributed by atoms with van der Waals surface area (Å²) in [6, 6.07) is 24.3. The van der Waals surface area contributed by atoms with Gasteiger partial charge in [0.25, 0.3) is 0 Å². The van der Waals surface area contributed by atoms with Crippen molar-refractivity contribution < 1.29 is 34.6 Å². The molecule has 0 aliphatic rings. The van der Waals surface area contributed by atoms with Gasteiger partial charge in [0.1, 0.15) is 0 Å². The fraction of sp³-hybridized carbons (Fsp3) is 0. The zero-order chi connectivity index (χ0) is 23.3. The topological polar surface area (TPSA) is 132 Å². The molecule has 0 atom stereocenters. The smallest absolute Gasteiger partial charge is 0.759 e. The molecule has 0 aliphatic heterocycles. The Balaban J connectivity index is 0.000000156. The third kappa shape index (κ3) is 6.28. The van der Waals surface area contributed by atoms with Crippen molar-refractivity contribution in [3.63, 3.8) is 0 Å². The molecule has 2 aromatic carbocycles. The van der Waals surface area contributed by atoms with Gasteiger partial charge in [0.2, 0.25) is 0 Å². The standard InChI is InChI=1S/2C12H8N2.Cu.H2O4S/c2*1-3-9-5-6-10-4-2-8-14-12(10)11(9)13-7-1;;1-5(2,3)4/h2*1-8H;;(H2,1,2,3,4)/q;;+2;/p-2. The first-order chi connectivity index (χ1) is 15.9. The number of hydrogen-bond donors (Lipinski definition) is 0. The first-order valence-corrected chi connectivity index (χ1v) is 11.1. The first kappa shape index (κ1) is 25.1. The maximum Gasteiger partial charge on any atom is 2.00 e. The average molecular weight is 520 g/mol. The number of rotatable bonds is 0. The van der Waals surface area contributed by atoms with E-state index in [0.717, 1.165) is 43.6 Å². The molecular weight excluding hydrogens is 504 g/mol. The largest absolute Gasteiger partial charge is 2.00 e. The molecule has 4 aromatic heterocycles. The monoisotopic (exact) mass is 519 g/mol. The number of aromatic nitrogens is 4. The molecule has 6 aromatic rings. The van der Waals surface area contributed by atoms with Gasteiger partial charge in [-0.05, 0) is 24.3 Å². The SMILES string of the molecule is O=S(=O)([O-])[O-].[Cu+2].c1cnc2c(c1)ccc1cccnc12.c1cnc2c(c1)ccc1cccnc12. The molecule has 0 unspecified atom stereocenters. The summed E-state index contributed by atoms with van der Waals surface area (Å²) in [5, 5.41) is 4.55. The molecule has 0 saturated heterocycles. The minimum absolute atomic E-state index is 0. The summed E-state index contributed by atoms with van der Waals surface area (Å²) in [5.41, 5.74) is 3.91. The van der Waals surface area contributed by atoms with E-state index in [2.05, 4.69) is 68.5 Å². The van der Waals surface area contributed by atoms with Crippen LogP contribution < -0.4 is 0 Å². The maximum absolute atomic E-state index is 8.52. The Kier molecular flexibility index (Phi) is 8.17. The van der Waals surface area contributed by atoms with Gasteiger partial charge in [-0.2, -0.15) is 0 Å². The predicted octanol–water partition coefficient (Wildman–Crippen LogP) is 4.23. The number of nitrogens with zero attached hydrogens (tertiary/aromatic N) is 4. The fourth-order valence-corrected chi connectivity index (χ4v) is 3.36. The number of fused-ring (bicyclic) bond motifs is 6. The van der Waals surface area contributed by atoms with Crippen molar-refractivity contribution in [3.8, 4) is 0 Å². The van der Waals surface area contributed by atoms with Crippen molar-refractivity contribution >= 4 is 54.0 Å². The van der Waals surface area contributed by atoms with Crippen molar-refractivity contribution in [2.24, 2.45) is 0 Å². The minimum Gasteiger partial charge on any atom is -0.759 e. The summed E-state index contributed by atoms with van der Waals surface area (Å²) < 4.78 is 34.1. The zero-order valence-electron chi connectivity index (χ0n) is 17.4. The van der Waals surface area contributed by atoms with E-state index in [1.807, 2.05) is 24.3 Å². The van der Waals surface area contributed by atoms with E-state index >= 15 is 0 Å². The predicted molar refractivity (Wildman–Crippen MR) is 125 cm³/mol. The van der Waals surface area contributed by atoms with Gasteiger partial charge < -0.3 is 9.11 Å². The maximum atomic E-state index is 8.52. The molecule has 10 heteroatoms. The van der Waals surface area contributed by atoms with E-state index in [1.54, 1.807) is 24.8 Å². The van der Waals surface area contributed by atoms with E-state index in [1.165, 1.54) is 0 Å². The molecule has 173 valence electrons. The van der Waals surface area contributed by atoms with E-state index in [0.29, 0.717) is 0 Å². The summed E-state index contributed by atoms with van der Waals surface area (Å²) in [4.78, 5) is 17.4. The summed E-state index contributed by atoms with van der Waals surface area (Å²) in [6.07, 6.45) is 7.21. The Morgan fingerprint density at radius 2 is 0.676 bits per heavy atom. The summed E-state index contributed by atoms with van der Waals surface area (Å²) in [6.45, 7) is 0. The average Bonchev–Trinajstić information content (AvgIpc) is 2.83. The second-order valence-corrected chi connectivity index (χ2v) is 7.66. The van der Waals surface area contributed by atoms with Gasteiger partial charge in [-0.15, -0.1) is 0 Å². The van der Waals surface area contributed by atoms with Gasteiger partial charge in [-0.25, -0.2) is 0 Å². The van der Waals surface area contributed by atoms with Crippen LogP contribution in [-0.4, -0.2) is 37.5 Å². The molecule has 0 amide bonds. The second-order valence-electron chi connectivity index (χ2n) is 6.84. The Bertz CT molecular complexity index is 1450. The van der Waals surface area contributed by atoms with E-state index in [-0.39, 0.29) is 17.1 Å². The third-order valence-corrected chi connectivity index (χ3v) is 4.69. The molecule has 34 heavy (non-hydrogen) atoms. The van der Waals surface area contributed by atoms with Crippen LogP contribution in [0.1, 0.15) is 0 Å². The normalized spacial score (nSPS) is 10.6. The van der Waals surface area contributed by atoms with Gasteiger partial charge in [-0.1, -0.05) is 48.5 Å². The van der Waals surface area contributed by atoms with Crippen LogP contribution in [-0.2, 0) is 27.5 Å². The Morgan fingerprint density at radius 1 is 0.471 bits per heavy atom. The van der Waals surface area contributed by atoms with Crippen LogP contribution in [0.25, 0.3) is 43.6 Å². The van der Waals surface area contributed by atoms with Crippen molar-refractivity contribution in [1.29, 1.82) is 0 Å². The minimum atomic E-state index is -5.17. The second kappa shape index (κ2) is 11.1. The summed E-state index contributed by atoms with van der Waals surface area (Å²) in [5.74, 6) is 0. The number of hydrogen-bond acceptors (Lipinski definition) is 8. The van der Waals surface area contributed by atoms with Gasteiger partial charge in [-0.3, -0.25) is 28.4 Å². The molecular formula is C24H16CuN4O4S. The Morgan fingerprint density at radius 3 is 0.882 bits per heavy atom. The van der Waals surface area contributed by atoms with Crippen molar-refractivity contribution in [3.05, 3.63) is 97.6 Å². The molecule has 0 saturated carbocycles. The molecule has 4 heterocycles. The summed E-state index contributed by atoms with van der Waals surface area (Å²) in [7, 11) is -5.17. The van der Waals surface area contributed by atoms with Crippen LogP contribution in [0.2, 0.25) is 0 Å². The molecule has 0 bridgehead atoms. The molecule has 1 radical (unpaired) electrons. The van der Waals surface area contributed by atoms with E-state index < -0.39 is 10.4 Å². The molecule has 0 aliphatic carbocycles. The van der Waals surface area contributed by atoms with Gasteiger partial charge in [0.15, 0.2) is 0 Å². The van der Waals surface area contributed by atoms with Crippen LogP contribution in [0.3, 0.4) is 0 Å². The van der Waals surface area contributed by atoms with Crippen LogP contribution in [0.4, 0.5) is 0 Å². The molecule has 6 rings (SSSR count). The fourth-order valence-electron chi connectivity index (χ4n) is 3.36. The van der Waals surface area contributed by atoms with E-state index in [4.69, 9.17) is 17.5 Å². The molecule has 0 fully saturated rings. The van der Waals surface area contributed by atoms with Gasteiger partial charge in [0.05, 0.1) is 22.1 Å². The van der Waals surface area contributed by atoms with Crippen LogP contribution in [0.5, 0.6) is 0 Å². The van der Waals surface area contributed by atoms with Crippen LogP contribution in [0.15, 0.2) is 97.6 Å². The van der Waals surface area contributed by atoms with E-state index in [9.17, 15) is 0 Å². The zero-order valence-corrected chi connectivity index (χ0v) is 19.1. The van der Waals surface area contributed by atoms with Crippen molar-refractivity contribution in [1.82, 2.24) is 19.9 Å². The first-order valence-electron chi connectivity index (χ1n) is 9.74. The van der Waals surface area contributed by atoms with Crippen molar-refractivity contribution in [2.75, 3.05) is 0 Å². The van der Waals surface area contributed by atoms with Gasteiger partial charge in [0, 0.05) is 56.7 Å². The Hall–Kier alpha value is -3.53. The van der Waals surface area contributed by atoms with Gasteiger partial charge >= 0.3 is 17.1 Å². The van der Waals surface area contributed by atoms with Crippen LogP contribution >= 0.6 is 0 Å². The summed E-state index contributed by atoms with van der Waals surface area (Å²) >= 11 is 0.